The number of nitrogens with zero attached hydrogens (tertiary/aromatic N) is 5. The number of aromatic nitrogens is 4. The zero-order chi connectivity index (χ0) is 44.4. The minimum atomic E-state index is -0.182. The van der Waals surface area contributed by atoms with Crippen LogP contribution in [-0.2, 0) is 5.41 Å². The Morgan fingerprint density at radius 2 is 0.924 bits per heavy atom. The van der Waals surface area contributed by atoms with E-state index in [-0.39, 0.29) is 5.41 Å². The molecule has 0 spiro atoms. The van der Waals surface area contributed by atoms with Gasteiger partial charge in [0.25, 0.3) is 0 Å². The molecule has 66 heavy (non-hydrogen) atoms. The molecular weight excluding hydrogens is 803 g/mol. The van der Waals surface area contributed by atoms with Gasteiger partial charge in [-0.2, -0.15) is 5.26 Å². The summed E-state index contributed by atoms with van der Waals surface area (Å²) in [6, 6.07) is 76.6. The summed E-state index contributed by atoms with van der Waals surface area (Å²) in [5.74, 6) is 1.74. The van der Waals surface area contributed by atoms with Crippen molar-refractivity contribution in [3.8, 4) is 90.4 Å². The molecule has 2 aromatic heterocycles. The lowest BCUT2D eigenvalue weighted by molar-refractivity contribution is 0.661. The van der Waals surface area contributed by atoms with E-state index in [0.29, 0.717) is 23.0 Å². The number of hydrogen-bond acceptors (Lipinski definition) is 4. The van der Waals surface area contributed by atoms with Crippen LogP contribution in [0, 0.1) is 11.3 Å². The number of rotatable bonds is 7. The van der Waals surface area contributed by atoms with Crippen molar-refractivity contribution in [3.05, 3.63) is 229 Å². The van der Waals surface area contributed by atoms with Crippen LogP contribution in [0.15, 0.2) is 212 Å². The quantitative estimate of drug-likeness (QED) is 0.160. The van der Waals surface area contributed by atoms with Gasteiger partial charge >= 0.3 is 0 Å². The molecule has 0 radical (unpaired) electrons. The molecule has 0 N–H and O–H groups in total. The topological polar surface area (TPSA) is 67.4 Å². The Morgan fingerprint density at radius 1 is 0.379 bits per heavy atom. The van der Waals surface area contributed by atoms with E-state index in [1.54, 1.807) is 0 Å². The summed E-state index contributed by atoms with van der Waals surface area (Å²) < 4.78 is 2.39. The molecule has 2 heterocycles. The average Bonchev–Trinajstić information content (AvgIpc) is 3.83. The zero-order valence-corrected chi connectivity index (χ0v) is 36.4. The van der Waals surface area contributed by atoms with Gasteiger partial charge in [0, 0.05) is 38.6 Å². The molecule has 0 amide bonds. The second-order valence-corrected chi connectivity index (χ2v) is 17.6. The van der Waals surface area contributed by atoms with E-state index in [4.69, 9.17) is 15.0 Å². The van der Waals surface area contributed by atoms with E-state index >= 15 is 0 Å². The number of nitriles is 1. The number of fused-ring (bicyclic) bond motifs is 6. The van der Waals surface area contributed by atoms with Crippen LogP contribution in [0.4, 0.5) is 0 Å². The molecule has 11 aromatic rings. The van der Waals surface area contributed by atoms with E-state index in [1.807, 2.05) is 84.9 Å². The molecule has 0 aliphatic heterocycles. The fraction of sp³-hybridized carbons (Fsp3) is 0.0492. The molecule has 5 nitrogen and oxygen atoms in total. The summed E-state index contributed by atoms with van der Waals surface area (Å²) in [5, 5.41) is 13.1. The SMILES string of the molecule is CC1(C)c2ccccc2-c2cc3c4ccccc4n(-c4cc(-c5ccc(-c6ccc(-c7ccccc7)cc6)c(C#N)c5)cc(-c5nc(-c6ccccc6)nc(-c6ccccc6)n5)c4)c3cc21. The summed E-state index contributed by atoms with van der Waals surface area (Å²) >= 11 is 0. The summed E-state index contributed by atoms with van der Waals surface area (Å²) in [7, 11) is 0. The molecule has 9 aromatic carbocycles. The molecule has 310 valence electrons. The van der Waals surface area contributed by atoms with Crippen LogP contribution in [0.1, 0.15) is 30.5 Å². The van der Waals surface area contributed by atoms with Crippen molar-refractivity contribution in [3.63, 3.8) is 0 Å². The Kier molecular flexibility index (Phi) is 9.15. The zero-order valence-electron chi connectivity index (χ0n) is 36.4. The van der Waals surface area contributed by atoms with Gasteiger partial charge in [0.1, 0.15) is 0 Å². The second-order valence-electron chi connectivity index (χ2n) is 17.6. The van der Waals surface area contributed by atoms with E-state index < -0.39 is 0 Å². The lowest BCUT2D eigenvalue weighted by Gasteiger charge is -2.22. The van der Waals surface area contributed by atoms with Gasteiger partial charge in [0.15, 0.2) is 17.5 Å². The highest BCUT2D eigenvalue weighted by Gasteiger charge is 2.36. The van der Waals surface area contributed by atoms with Gasteiger partial charge in [-0.3, -0.25) is 0 Å². The number of para-hydroxylation sites is 1. The predicted molar refractivity (Wildman–Crippen MR) is 269 cm³/mol. The standard InChI is InChI=1S/C61H41N5/c1-61(2)54-24-14-12-22-50(54)52-36-53-51-23-13-15-25-56(51)66(57(53)37-55(52)61)48-34-45(44-30-31-49(47(32-44)38-62)41-28-26-40(27-29-41)39-16-6-3-7-17-39)33-46(35-48)60-64-58(42-18-8-4-9-19-42)63-59(65-60)43-20-10-5-11-21-43/h3-37H,1-2H3. The third-order valence-corrected chi connectivity index (χ3v) is 13.3. The summed E-state index contributed by atoms with van der Waals surface area (Å²) in [6.45, 7) is 4.66. The first kappa shape index (κ1) is 38.9. The Bertz CT molecular complexity index is 3660. The predicted octanol–water partition coefficient (Wildman–Crippen LogP) is 15.1. The molecule has 0 fully saturated rings. The van der Waals surface area contributed by atoms with Gasteiger partial charge in [-0.05, 0) is 98.1 Å². The number of benzene rings is 9. The Morgan fingerprint density at radius 3 is 1.61 bits per heavy atom. The van der Waals surface area contributed by atoms with Crippen molar-refractivity contribution in [1.82, 2.24) is 19.5 Å². The normalized spacial score (nSPS) is 12.5. The maximum absolute atomic E-state index is 10.7. The fourth-order valence-electron chi connectivity index (χ4n) is 9.96. The lowest BCUT2D eigenvalue weighted by atomic mass is 9.82. The molecule has 0 bridgehead atoms. The molecule has 0 saturated heterocycles. The molecule has 12 rings (SSSR count). The highest BCUT2D eigenvalue weighted by molar-refractivity contribution is 6.12. The Hall–Kier alpha value is -8.72. The first-order valence-electron chi connectivity index (χ1n) is 22.3. The van der Waals surface area contributed by atoms with Gasteiger partial charge < -0.3 is 4.57 Å². The van der Waals surface area contributed by atoms with E-state index in [2.05, 4.69) is 152 Å². The highest BCUT2D eigenvalue weighted by Crippen LogP contribution is 2.51. The lowest BCUT2D eigenvalue weighted by Crippen LogP contribution is -2.15. The summed E-state index contributed by atoms with van der Waals surface area (Å²) in [4.78, 5) is 15.4. The van der Waals surface area contributed by atoms with Crippen molar-refractivity contribution in [1.29, 1.82) is 5.26 Å². The van der Waals surface area contributed by atoms with Crippen molar-refractivity contribution >= 4 is 21.8 Å². The summed E-state index contributed by atoms with van der Waals surface area (Å²) in [5.41, 5.74) is 17.5. The van der Waals surface area contributed by atoms with Crippen LogP contribution in [-0.4, -0.2) is 19.5 Å². The van der Waals surface area contributed by atoms with Crippen LogP contribution in [0.2, 0.25) is 0 Å². The van der Waals surface area contributed by atoms with Crippen LogP contribution < -0.4 is 0 Å². The van der Waals surface area contributed by atoms with E-state index in [0.717, 1.165) is 66.8 Å². The van der Waals surface area contributed by atoms with Gasteiger partial charge in [-0.25, -0.2) is 15.0 Å². The van der Waals surface area contributed by atoms with E-state index in [9.17, 15) is 5.26 Å². The Balaban J connectivity index is 1.09. The van der Waals surface area contributed by atoms with Crippen molar-refractivity contribution in [2.24, 2.45) is 0 Å². The van der Waals surface area contributed by atoms with E-state index in [1.165, 1.54) is 33.0 Å². The molecule has 0 saturated carbocycles. The molecule has 1 aliphatic rings. The van der Waals surface area contributed by atoms with Gasteiger partial charge in [-0.15, -0.1) is 0 Å². The summed E-state index contributed by atoms with van der Waals surface area (Å²) in [6.07, 6.45) is 0. The van der Waals surface area contributed by atoms with Gasteiger partial charge in [-0.1, -0.05) is 184 Å². The fourth-order valence-corrected chi connectivity index (χ4v) is 9.96. The third-order valence-electron chi connectivity index (χ3n) is 13.3. The maximum atomic E-state index is 10.7. The third kappa shape index (κ3) is 6.50. The van der Waals surface area contributed by atoms with Crippen molar-refractivity contribution in [2.75, 3.05) is 0 Å². The molecule has 0 atom stereocenters. The van der Waals surface area contributed by atoms with Gasteiger partial charge in [0.2, 0.25) is 0 Å². The number of hydrogen-bond donors (Lipinski definition) is 0. The first-order valence-corrected chi connectivity index (χ1v) is 22.3. The minimum absolute atomic E-state index is 0.182. The van der Waals surface area contributed by atoms with Crippen molar-refractivity contribution < 1.29 is 0 Å². The molecule has 1 aliphatic carbocycles. The van der Waals surface area contributed by atoms with Crippen LogP contribution in [0.3, 0.4) is 0 Å². The first-order chi connectivity index (χ1) is 32.4. The molecule has 5 heteroatoms. The van der Waals surface area contributed by atoms with Crippen LogP contribution >= 0.6 is 0 Å². The molecular formula is C61H41N5. The Labute approximate surface area is 383 Å². The van der Waals surface area contributed by atoms with Crippen LogP contribution in [0.25, 0.3) is 106 Å². The van der Waals surface area contributed by atoms with Crippen molar-refractivity contribution in [2.45, 2.75) is 19.3 Å². The second kappa shape index (κ2) is 15.5. The molecule has 0 unspecified atom stereocenters. The average molecular weight is 844 g/mol. The highest BCUT2D eigenvalue weighted by atomic mass is 15.0. The van der Waals surface area contributed by atoms with Crippen LogP contribution in [0.5, 0.6) is 0 Å². The van der Waals surface area contributed by atoms with Gasteiger partial charge in [0.05, 0.1) is 22.7 Å². The minimum Gasteiger partial charge on any atom is -0.309 e. The maximum Gasteiger partial charge on any atom is 0.164 e. The monoisotopic (exact) mass is 843 g/mol. The largest absolute Gasteiger partial charge is 0.309 e. The smallest absolute Gasteiger partial charge is 0.164 e.